The summed E-state index contributed by atoms with van der Waals surface area (Å²) in [6, 6.07) is 65.4. The number of para-hydroxylation sites is 4. The van der Waals surface area contributed by atoms with Crippen molar-refractivity contribution in [3.05, 3.63) is 251 Å². The Kier molecular flexibility index (Phi) is 10.7. The van der Waals surface area contributed by atoms with E-state index in [1.807, 2.05) is 109 Å². The first-order chi connectivity index (χ1) is 38.5. The number of hydrogen-bond donors (Lipinski definition) is 0. The Labute approximate surface area is 455 Å². The molecule has 0 atom stereocenters. The van der Waals surface area contributed by atoms with Crippen LogP contribution < -0.4 is 19.3 Å². The van der Waals surface area contributed by atoms with Gasteiger partial charge >= 0.3 is 12.7 Å². The summed E-state index contributed by atoms with van der Waals surface area (Å²) in [6.07, 6.45) is -9.79. The fourth-order valence-electron chi connectivity index (χ4n) is 12.9. The van der Waals surface area contributed by atoms with Crippen molar-refractivity contribution in [3.63, 3.8) is 0 Å². The minimum atomic E-state index is -4.89. The van der Waals surface area contributed by atoms with Crippen molar-refractivity contribution < 1.29 is 44.7 Å². The number of ether oxygens (including phenoxy) is 2. The summed E-state index contributed by atoms with van der Waals surface area (Å²) in [5.41, 5.74) is 15.1. The molecule has 2 aliphatic carbocycles. The molecule has 2 aromatic heterocycles. The number of anilines is 6. The second kappa shape index (κ2) is 17.5. The zero-order valence-corrected chi connectivity index (χ0v) is 43.4. The predicted molar refractivity (Wildman–Crippen MR) is 303 cm³/mol. The number of fused-ring (bicyclic) bond motifs is 15. The summed E-state index contributed by atoms with van der Waals surface area (Å²) >= 11 is 0. The molecule has 14 rings (SSSR count). The first-order valence-corrected chi connectivity index (χ1v) is 26.1. The highest BCUT2D eigenvalue weighted by Gasteiger charge is 2.54. The molecule has 10 aromatic carbocycles. The van der Waals surface area contributed by atoms with E-state index in [-0.39, 0.29) is 11.5 Å². The Morgan fingerprint density at radius 2 is 0.713 bits per heavy atom. The SMILES string of the molecule is Cc1cccc2c1oc1c(N(c3ccc(OC(F)(F)F)cc3)c3ccc4c(c3)C3(c5cc(N(c6ccc(OC(F)(F)F)cc6)c6cccc7c6oc6c(C)cccc67)ccc5-4)c4ccccc4C(C)(C)c4ccccc43)cccc12. The van der Waals surface area contributed by atoms with Gasteiger partial charge in [-0.2, -0.15) is 0 Å². The summed E-state index contributed by atoms with van der Waals surface area (Å²) in [7, 11) is 0. The summed E-state index contributed by atoms with van der Waals surface area (Å²) < 4.78 is 104. The molecule has 0 aliphatic heterocycles. The lowest BCUT2D eigenvalue weighted by molar-refractivity contribution is -0.275. The third-order valence-electron chi connectivity index (χ3n) is 16.2. The molecule has 0 amide bonds. The second-order valence-electron chi connectivity index (χ2n) is 21.1. The number of rotatable bonds is 8. The van der Waals surface area contributed by atoms with Crippen molar-refractivity contribution in [2.75, 3.05) is 9.80 Å². The van der Waals surface area contributed by atoms with Gasteiger partial charge in [0.2, 0.25) is 0 Å². The van der Waals surface area contributed by atoms with Crippen LogP contribution in [0.25, 0.3) is 55.0 Å². The van der Waals surface area contributed by atoms with Crippen LogP contribution in [-0.2, 0) is 10.8 Å². The predicted octanol–water partition coefficient (Wildman–Crippen LogP) is 19.8. The van der Waals surface area contributed by atoms with Crippen LogP contribution >= 0.6 is 0 Å². The van der Waals surface area contributed by atoms with Gasteiger partial charge in [-0.15, -0.1) is 26.3 Å². The van der Waals surface area contributed by atoms with Gasteiger partial charge in [0.25, 0.3) is 0 Å². The van der Waals surface area contributed by atoms with E-state index in [0.717, 1.165) is 88.3 Å². The maximum atomic E-state index is 13.6. The molecular weight excluding hydrogens is 1020 g/mol. The van der Waals surface area contributed by atoms with Crippen LogP contribution in [0.5, 0.6) is 11.5 Å². The molecule has 12 heteroatoms. The first-order valence-electron chi connectivity index (χ1n) is 26.1. The molecule has 0 saturated carbocycles. The van der Waals surface area contributed by atoms with E-state index in [2.05, 4.69) is 96.1 Å². The molecule has 0 N–H and O–H groups in total. The fraction of sp³-hybridized carbons (Fsp3) is 0.118. The van der Waals surface area contributed by atoms with Crippen LogP contribution in [-0.4, -0.2) is 12.7 Å². The lowest BCUT2D eigenvalue weighted by atomic mass is 9.55. The highest BCUT2D eigenvalue weighted by Crippen LogP contribution is 2.64. The molecule has 0 saturated heterocycles. The number of aryl methyl sites for hydroxylation is 2. The van der Waals surface area contributed by atoms with Crippen molar-refractivity contribution in [1.29, 1.82) is 0 Å². The zero-order chi connectivity index (χ0) is 55.0. The zero-order valence-electron chi connectivity index (χ0n) is 43.4. The van der Waals surface area contributed by atoms with Gasteiger partial charge in [0.1, 0.15) is 22.7 Å². The van der Waals surface area contributed by atoms with Gasteiger partial charge in [-0.3, -0.25) is 0 Å². The van der Waals surface area contributed by atoms with E-state index in [4.69, 9.17) is 8.83 Å². The Morgan fingerprint density at radius 3 is 1.10 bits per heavy atom. The van der Waals surface area contributed by atoms with E-state index >= 15 is 0 Å². The van der Waals surface area contributed by atoms with E-state index in [0.29, 0.717) is 45.3 Å². The fourth-order valence-corrected chi connectivity index (χ4v) is 12.9. The van der Waals surface area contributed by atoms with Gasteiger partial charge in [0.05, 0.1) is 16.8 Å². The molecule has 80 heavy (non-hydrogen) atoms. The average molecular weight is 1070 g/mol. The lowest BCUT2D eigenvalue weighted by Crippen LogP contribution is -2.40. The molecule has 1 spiro atoms. The lowest BCUT2D eigenvalue weighted by Gasteiger charge is -2.47. The summed E-state index contributed by atoms with van der Waals surface area (Å²) in [6.45, 7) is 8.48. The molecule has 0 fully saturated rings. The van der Waals surface area contributed by atoms with Gasteiger partial charge in [-0.05, 0) is 154 Å². The van der Waals surface area contributed by atoms with Crippen molar-refractivity contribution in [2.24, 2.45) is 0 Å². The number of alkyl halides is 6. The molecular formula is C68H46F6N2O4. The smallest absolute Gasteiger partial charge is 0.454 e. The molecule has 12 aromatic rings. The van der Waals surface area contributed by atoms with Crippen LogP contribution in [0.4, 0.5) is 60.5 Å². The maximum Gasteiger partial charge on any atom is 0.573 e. The van der Waals surface area contributed by atoms with Crippen LogP contribution in [0.1, 0.15) is 58.4 Å². The van der Waals surface area contributed by atoms with Crippen LogP contribution in [0.3, 0.4) is 0 Å². The first kappa shape index (κ1) is 48.9. The van der Waals surface area contributed by atoms with Gasteiger partial charge in [0, 0.05) is 49.7 Å². The van der Waals surface area contributed by atoms with Crippen LogP contribution in [0.2, 0.25) is 0 Å². The monoisotopic (exact) mass is 1070 g/mol. The molecule has 0 unspecified atom stereocenters. The maximum absolute atomic E-state index is 13.6. The highest BCUT2D eigenvalue weighted by molar-refractivity contribution is 6.12. The second-order valence-corrected chi connectivity index (χ2v) is 21.1. The third kappa shape index (κ3) is 7.48. The minimum absolute atomic E-state index is 0.359. The molecule has 0 radical (unpaired) electrons. The number of hydrogen-bond acceptors (Lipinski definition) is 6. The summed E-state index contributed by atoms with van der Waals surface area (Å²) in [4.78, 5) is 4.04. The van der Waals surface area contributed by atoms with E-state index in [1.165, 1.54) is 24.3 Å². The molecule has 0 bridgehead atoms. The standard InChI is InChI=1S/C68H46F6N2O4/c1-39-13-9-15-49-51-17-11-23-59(63(51)77-61(39)49)75(41-25-31-45(32-26-41)79-67(69,70)71)43-29-35-47-48-36-30-44(38-58(48)66(57(47)37-43)55-21-7-5-19-53(55)65(3,4)54-20-6-8-22-56(54)66)76(42-27-33-46(34-28-42)80-68(72,73)74)60-24-12-18-52-50-16-10-14-40(2)62(50)78-64(52)60/h5-38H,1-4H3. The van der Waals surface area contributed by atoms with E-state index in [1.54, 1.807) is 24.3 Å². The third-order valence-corrected chi connectivity index (χ3v) is 16.2. The van der Waals surface area contributed by atoms with Crippen LogP contribution in [0.15, 0.2) is 215 Å². The van der Waals surface area contributed by atoms with Gasteiger partial charge < -0.3 is 28.1 Å². The quantitative estimate of drug-likeness (QED) is 0.141. The van der Waals surface area contributed by atoms with Gasteiger partial charge in [-0.1, -0.05) is 135 Å². The van der Waals surface area contributed by atoms with E-state index in [9.17, 15) is 26.3 Å². The average Bonchev–Trinajstić information content (AvgIpc) is 4.27. The Hall–Kier alpha value is -9.42. The number of nitrogens with zero attached hydrogens (tertiary/aromatic N) is 2. The van der Waals surface area contributed by atoms with Crippen molar-refractivity contribution in [2.45, 2.75) is 51.2 Å². The topological polar surface area (TPSA) is 51.2 Å². The summed E-state index contributed by atoms with van der Waals surface area (Å²) in [5.74, 6) is -0.718. The van der Waals surface area contributed by atoms with Gasteiger partial charge in [0.15, 0.2) is 11.2 Å². The van der Waals surface area contributed by atoms with Gasteiger partial charge in [-0.25, -0.2) is 0 Å². The molecule has 2 aliphatic rings. The highest BCUT2D eigenvalue weighted by atomic mass is 19.4. The molecule has 6 nitrogen and oxygen atoms in total. The number of furan rings is 2. The normalized spacial score (nSPS) is 14.1. The molecule has 394 valence electrons. The molecule has 2 heterocycles. The van der Waals surface area contributed by atoms with Crippen LogP contribution in [0, 0.1) is 13.8 Å². The van der Waals surface area contributed by atoms with Crippen molar-refractivity contribution in [3.8, 4) is 22.6 Å². The Morgan fingerprint density at radius 1 is 0.362 bits per heavy atom. The number of halogens is 6. The Bertz CT molecular complexity index is 4190. The number of benzene rings is 10. The summed E-state index contributed by atoms with van der Waals surface area (Å²) in [5, 5.41) is 3.61. The van der Waals surface area contributed by atoms with Crippen molar-refractivity contribution in [1.82, 2.24) is 0 Å². The van der Waals surface area contributed by atoms with Crippen molar-refractivity contribution >= 4 is 78.0 Å². The largest absolute Gasteiger partial charge is 0.573 e. The minimum Gasteiger partial charge on any atom is -0.454 e. The Balaban J connectivity index is 1.04. The van der Waals surface area contributed by atoms with E-state index < -0.39 is 23.6 Å².